The first-order chi connectivity index (χ1) is 12.7. The lowest BCUT2D eigenvalue weighted by Gasteiger charge is -2.11. The molecule has 0 unspecified atom stereocenters. The molecule has 134 valence electrons. The molecule has 0 aliphatic carbocycles. The van der Waals surface area contributed by atoms with Gasteiger partial charge in [-0.05, 0) is 35.8 Å². The monoisotopic (exact) mass is 371 g/mol. The number of methoxy groups -OCH3 is 3. The molecule has 0 fully saturated rings. The molecule has 0 atom stereocenters. The molecular formula is C18H17N3O4S. The van der Waals surface area contributed by atoms with Crippen LogP contribution in [0.15, 0.2) is 42.5 Å². The molecule has 7 nitrogen and oxygen atoms in total. The molecule has 1 amide bonds. The zero-order chi connectivity index (χ0) is 18.5. The van der Waals surface area contributed by atoms with Crippen LogP contribution in [0.3, 0.4) is 0 Å². The Morgan fingerprint density at radius 2 is 1.77 bits per heavy atom. The van der Waals surface area contributed by atoms with Crippen LogP contribution in [0.5, 0.6) is 17.2 Å². The number of carbonyl (C=O) groups is 1. The van der Waals surface area contributed by atoms with E-state index in [1.54, 1.807) is 32.4 Å². The number of nitrogens with one attached hydrogen (secondary N) is 1. The van der Waals surface area contributed by atoms with Gasteiger partial charge in [0.05, 0.1) is 27.0 Å². The lowest BCUT2D eigenvalue weighted by molar-refractivity contribution is 0.103. The van der Waals surface area contributed by atoms with E-state index in [0.29, 0.717) is 33.5 Å². The van der Waals surface area contributed by atoms with Crippen molar-refractivity contribution in [3.63, 3.8) is 0 Å². The fraction of sp³-hybridized carbons (Fsp3) is 0.167. The molecule has 1 N–H and O–H groups in total. The lowest BCUT2D eigenvalue weighted by atomic mass is 10.1. The number of rotatable bonds is 6. The number of amides is 1. The summed E-state index contributed by atoms with van der Waals surface area (Å²) in [4.78, 5) is 13.1. The van der Waals surface area contributed by atoms with E-state index in [1.807, 2.05) is 24.3 Å². The predicted molar refractivity (Wildman–Crippen MR) is 99.4 cm³/mol. The van der Waals surface area contributed by atoms with Gasteiger partial charge in [0.2, 0.25) is 0 Å². The summed E-state index contributed by atoms with van der Waals surface area (Å²) < 4.78 is 19.6. The van der Waals surface area contributed by atoms with Gasteiger partial charge < -0.3 is 19.5 Å². The van der Waals surface area contributed by atoms with Crippen molar-refractivity contribution in [1.29, 1.82) is 0 Å². The van der Waals surface area contributed by atoms with E-state index in [2.05, 4.69) is 14.9 Å². The van der Waals surface area contributed by atoms with Crippen molar-refractivity contribution in [2.75, 3.05) is 26.6 Å². The topological polar surface area (TPSA) is 82.6 Å². The Morgan fingerprint density at radius 1 is 1.00 bits per heavy atom. The Morgan fingerprint density at radius 3 is 2.50 bits per heavy atom. The van der Waals surface area contributed by atoms with Crippen LogP contribution < -0.4 is 19.5 Å². The van der Waals surface area contributed by atoms with Crippen molar-refractivity contribution < 1.29 is 19.0 Å². The second kappa shape index (κ2) is 7.83. The van der Waals surface area contributed by atoms with Gasteiger partial charge in [-0.25, -0.2) is 0 Å². The van der Waals surface area contributed by atoms with Crippen molar-refractivity contribution in [2.24, 2.45) is 0 Å². The van der Waals surface area contributed by atoms with Crippen molar-refractivity contribution in [1.82, 2.24) is 9.59 Å². The van der Waals surface area contributed by atoms with Crippen LogP contribution in [0.25, 0.3) is 11.3 Å². The van der Waals surface area contributed by atoms with Crippen LogP contribution in [0.2, 0.25) is 0 Å². The maximum atomic E-state index is 12.7. The average Bonchev–Trinajstić information content (AvgIpc) is 3.18. The Kier molecular flexibility index (Phi) is 5.33. The second-order valence-corrected chi connectivity index (χ2v) is 5.96. The van der Waals surface area contributed by atoms with Crippen LogP contribution in [-0.2, 0) is 0 Å². The molecule has 0 spiro atoms. The quantitative estimate of drug-likeness (QED) is 0.714. The minimum Gasteiger partial charge on any atom is -0.497 e. The maximum Gasteiger partial charge on any atom is 0.269 e. The molecule has 3 aromatic rings. The molecule has 0 aliphatic rings. The van der Waals surface area contributed by atoms with Crippen molar-refractivity contribution in [3.8, 4) is 28.5 Å². The SMILES string of the molecule is COc1cccc(-c2nnsc2C(=O)Nc2ccc(OC)cc2OC)c1. The predicted octanol–water partition coefficient (Wildman–Crippen LogP) is 3.48. The molecule has 0 saturated carbocycles. The van der Waals surface area contributed by atoms with Gasteiger partial charge in [0.1, 0.15) is 27.8 Å². The van der Waals surface area contributed by atoms with Crippen LogP contribution in [-0.4, -0.2) is 36.8 Å². The number of hydrogen-bond donors (Lipinski definition) is 1. The highest BCUT2D eigenvalue weighted by Crippen LogP contribution is 2.31. The van der Waals surface area contributed by atoms with Gasteiger partial charge in [0.15, 0.2) is 0 Å². The van der Waals surface area contributed by atoms with Gasteiger partial charge in [-0.1, -0.05) is 16.6 Å². The molecule has 2 aromatic carbocycles. The van der Waals surface area contributed by atoms with E-state index in [-0.39, 0.29) is 5.91 Å². The summed E-state index contributed by atoms with van der Waals surface area (Å²) in [6.45, 7) is 0. The fourth-order valence-corrected chi connectivity index (χ4v) is 2.96. The van der Waals surface area contributed by atoms with Crippen molar-refractivity contribution in [2.45, 2.75) is 0 Å². The number of carbonyl (C=O) groups excluding carboxylic acids is 1. The van der Waals surface area contributed by atoms with Crippen molar-refractivity contribution >= 4 is 23.1 Å². The molecule has 1 aromatic heterocycles. The molecule has 0 saturated heterocycles. The van der Waals surface area contributed by atoms with E-state index in [1.165, 1.54) is 7.11 Å². The number of ether oxygens (including phenoxy) is 3. The number of hydrogen-bond acceptors (Lipinski definition) is 7. The summed E-state index contributed by atoms with van der Waals surface area (Å²) in [5, 5.41) is 6.93. The van der Waals surface area contributed by atoms with Crippen LogP contribution in [0.1, 0.15) is 9.67 Å². The Balaban J connectivity index is 1.89. The zero-order valence-electron chi connectivity index (χ0n) is 14.5. The summed E-state index contributed by atoms with van der Waals surface area (Å²) in [6, 6.07) is 12.5. The Labute approximate surface area is 154 Å². The number of benzene rings is 2. The normalized spacial score (nSPS) is 10.3. The molecular weight excluding hydrogens is 354 g/mol. The van der Waals surface area contributed by atoms with Gasteiger partial charge in [-0.3, -0.25) is 4.79 Å². The summed E-state index contributed by atoms with van der Waals surface area (Å²) in [5.41, 5.74) is 1.78. The summed E-state index contributed by atoms with van der Waals surface area (Å²) in [5.74, 6) is 1.49. The number of nitrogens with zero attached hydrogens (tertiary/aromatic N) is 2. The first-order valence-corrected chi connectivity index (χ1v) is 8.43. The van der Waals surface area contributed by atoms with E-state index in [0.717, 1.165) is 17.1 Å². The van der Waals surface area contributed by atoms with Crippen molar-refractivity contribution in [3.05, 3.63) is 47.3 Å². The van der Waals surface area contributed by atoms with Crippen LogP contribution in [0.4, 0.5) is 5.69 Å². The largest absolute Gasteiger partial charge is 0.497 e. The standard InChI is InChI=1S/C18H17N3O4S/c1-23-12-6-4-5-11(9-12)16-17(26-21-20-16)18(22)19-14-8-7-13(24-2)10-15(14)25-3/h4-10H,1-3H3,(H,19,22). The average molecular weight is 371 g/mol. The first kappa shape index (κ1) is 17.7. The summed E-state index contributed by atoms with van der Waals surface area (Å²) >= 11 is 1.03. The molecule has 3 rings (SSSR count). The van der Waals surface area contributed by atoms with E-state index in [9.17, 15) is 4.79 Å². The maximum absolute atomic E-state index is 12.7. The molecule has 1 heterocycles. The third-order valence-corrected chi connectivity index (χ3v) is 4.42. The minimum absolute atomic E-state index is 0.318. The van der Waals surface area contributed by atoms with E-state index < -0.39 is 0 Å². The van der Waals surface area contributed by atoms with Gasteiger partial charge in [-0.2, -0.15) is 0 Å². The summed E-state index contributed by atoms with van der Waals surface area (Å²) in [6.07, 6.45) is 0. The highest BCUT2D eigenvalue weighted by molar-refractivity contribution is 7.08. The zero-order valence-corrected chi connectivity index (χ0v) is 15.3. The minimum atomic E-state index is -0.318. The van der Waals surface area contributed by atoms with Crippen LogP contribution in [0, 0.1) is 0 Å². The first-order valence-electron chi connectivity index (χ1n) is 7.66. The number of anilines is 1. The molecule has 0 bridgehead atoms. The highest BCUT2D eigenvalue weighted by Gasteiger charge is 2.19. The molecule has 0 aliphatic heterocycles. The van der Waals surface area contributed by atoms with E-state index >= 15 is 0 Å². The smallest absolute Gasteiger partial charge is 0.269 e. The number of aromatic nitrogens is 2. The molecule has 0 radical (unpaired) electrons. The highest BCUT2D eigenvalue weighted by atomic mass is 32.1. The van der Waals surface area contributed by atoms with E-state index in [4.69, 9.17) is 14.2 Å². The Hall–Kier alpha value is -3.13. The van der Waals surface area contributed by atoms with Gasteiger partial charge in [0.25, 0.3) is 5.91 Å². The second-order valence-electron chi connectivity index (χ2n) is 5.20. The third kappa shape index (κ3) is 3.60. The summed E-state index contributed by atoms with van der Waals surface area (Å²) in [7, 11) is 4.68. The fourth-order valence-electron chi connectivity index (χ4n) is 2.38. The van der Waals surface area contributed by atoms with Gasteiger partial charge in [-0.15, -0.1) is 5.10 Å². The lowest BCUT2D eigenvalue weighted by Crippen LogP contribution is -2.12. The van der Waals surface area contributed by atoms with Crippen LogP contribution >= 0.6 is 11.5 Å². The van der Waals surface area contributed by atoms with Gasteiger partial charge >= 0.3 is 0 Å². The molecule has 8 heteroatoms. The van der Waals surface area contributed by atoms with Gasteiger partial charge in [0, 0.05) is 11.6 Å². The third-order valence-electron chi connectivity index (χ3n) is 3.69. The molecule has 26 heavy (non-hydrogen) atoms. The Bertz CT molecular complexity index is 926.